The molecular weight excluding hydrogens is 442 g/mol. The topological polar surface area (TPSA) is 64.0 Å². The molecule has 1 amide bonds. The zero-order chi connectivity index (χ0) is 22.8. The van der Waals surface area contributed by atoms with Crippen LogP contribution in [0.5, 0.6) is 0 Å². The number of fused-ring (bicyclic) bond motifs is 1. The van der Waals surface area contributed by atoms with Crippen LogP contribution >= 0.6 is 23.4 Å². The van der Waals surface area contributed by atoms with Gasteiger partial charge in [0.25, 0.3) is 5.56 Å². The van der Waals surface area contributed by atoms with Crippen molar-refractivity contribution in [2.75, 3.05) is 11.1 Å². The van der Waals surface area contributed by atoms with Gasteiger partial charge in [-0.15, -0.1) is 0 Å². The quantitative estimate of drug-likeness (QED) is 0.305. The summed E-state index contributed by atoms with van der Waals surface area (Å²) in [5, 5.41) is 4.45. The van der Waals surface area contributed by atoms with E-state index >= 15 is 0 Å². The number of thioether (sulfide) groups is 1. The third-order valence-electron chi connectivity index (χ3n) is 5.00. The van der Waals surface area contributed by atoms with Crippen LogP contribution in [-0.4, -0.2) is 21.2 Å². The molecule has 0 fully saturated rings. The first-order valence-corrected chi connectivity index (χ1v) is 11.5. The molecule has 4 rings (SSSR count). The number of carbonyl (C=O) groups excluding carboxylic acids is 1. The highest BCUT2D eigenvalue weighted by Gasteiger charge is 2.15. The number of anilines is 1. The first-order chi connectivity index (χ1) is 15.3. The summed E-state index contributed by atoms with van der Waals surface area (Å²) in [4.78, 5) is 30.7. The van der Waals surface area contributed by atoms with Crippen LogP contribution < -0.4 is 10.9 Å². The van der Waals surface area contributed by atoms with Gasteiger partial charge in [0.05, 0.1) is 22.3 Å². The van der Waals surface area contributed by atoms with Gasteiger partial charge in [0.15, 0.2) is 5.16 Å². The Morgan fingerprint density at radius 3 is 2.47 bits per heavy atom. The number of nitrogens with zero attached hydrogens (tertiary/aromatic N) is 2. The first-order valence-electron chi connectivity index (χ1n) is 10.1. The summed E-state index contributed by atoms with van der Waals surface area (Å²) in [5.74, 6) is -0.106. The van der Waals surface area contributed by atoms with Gasteiger partial charge in [-0.2, -0.15) is 0 Å². The van der Waals surface area contributed by atoms with E-state index in [0.29, 0.717) is 26.8 Å². The van der Waals surface area contributed by atoms with Crippen molar-refractivity contribution in [2.24, 2.45) is 0 Å². The molecule has 0 atom stereocenters. The first kappa shape index (κ1) is 22.1. The van der Waals surface area contributed by atoms with Crippen molar-refractivity contribution in [3.05, 3.63) is 92.7 Å². The molecule has 3 aromatic carbocycles. The molecule has 0 saturated heterocycles. The molecule has 162 valence electrons. The summed E-state index contributed by atoms with van der Waals surface area (Å²) >= 11 is 7.38. The number of hydrogen-bond donors (Lipinski definition) is 1. The number of nitrogens with one attached hydrogen (secondary N) is 1. The van der Waals surface area contributed by atoms with Crippen molar-refractivity contribution < 1.29 is 4.79 Å². The van der Waals surface area contributed by atoms with Gasteiger partial charge in [-0.05, 0) is 73.9 Å². The SMILES string of the molecule is Cc1cc(C)cc(-n2c(SCC(=O)Nc3ccc(C)c(Cl)c3)nc3ccccc3c2=O)c1. The highest BCUT2D eigenvalue weighted by atomic mass is 35.5. The van der Waals surface area contributed by atoms with Crippen molar-refractivity contribution in [1.29, 1.82) is 0 Å². The minimum absolute atomic E-state index is 0.0983. The summed E-state index contributed by atoms with van der Waals surface area (Å²) in [7, 11) is 0. The van der Waals surface area contributed by atoms with E-state index in [9.17, 15) is 9.59 Å². The molecule has 1 N–H and O–H groups in total. The average Bonchev–Trinajstić information content (AvgIpc) is 2.74. The van der Waals surface area contributed by atoms with E-state index in [1.54, 1.807) is 22.8 Å². The Labute approximate surface area is 195 Å². The number of benzene rings is 3. The Morgan fingerprint density at radius 1 is 1.03 bits per heavy atom. The lowest BCUT2D eigenvalue weighted by Gasteiger charge is -2.14. The van der Waals surface area contributed by atoms with Crippen molar-refractivity contribution in [1.82, 2.24) is 9.55 Å². The van der Waals surface area contributed by atoms with E-state index in [4.69, 9.17) is 16.6 Å². The van der Waals surface area contributed by atoms with E-state index in [-0.39, 0.29) is 17.2 Å². The van der Waals surface area contributed by atoms with Gasteiger partial charge in [-0.25, -0.2) is 4.98 Å². The Morgan fingerprint density at radius 2 is 1.75 bits per heavy atom. The largest absolute Gasteiger partial charge is 0.325 e. The predicted octanol–water partition coefficient (Wildman–Crippen LogP) is 5.70. The van der Waals surface area contributed by atoms with Crippen molar-refractivity contribution in [2.45, 2.75) is 25.9 Å². The zero-order valence-electron chi connectivity index (χ0n) is 18.0. The molecule has 0 unspecified atom stereocenters. The molecular formula is C25H22ClN3O2S. The Balaban J connectivity index is 1.68. The van der Waals surface area contributed by atoms with Crippen molar-refractivity contribution in [3.63, 3.8) is 0 Å². The molecule has 1 aromatic heterocycles. The molecule has 0 radical (unpaired) electrons. The Bertz CT molecular complexity index is 1380. The molecule has 0 aliphatic heterocycles. The fraction of sp³-hybridized carbons (Fsp3) is 0.160. The number of rotatable bonds is 5. The van der Waals surface area contributed by atoms with Crippen LogP contribution in [0.25, 0.3) is 16.6 Å². The van der Waals surface area contributed by atoms with Gasteiger partial charge in [0.2, 0.25) is 5.91 Å². The average molecular weight is 464 g/mol. The fourth-order valence-corrected chi connectivity index (χ4v) is 4.51. The molecule has 0 aliphatic rings. The molecule has 0 aliphatic carbocycles. The van der Waals surface area contributed by atoms with Crippen LogP contribution in [0.1, 0.15) is 16.7 Å². The molecule has 7 heteroatoms. The third-order valence-corrected chi connectivity index (χ3v) is 6.34. The van der Waals surface area contributed by atoms with Crippen LogP contribution in [0.4, 0.5) is 5.69 Å². The van der Waals surface area contributed by atoms with E-state index in [1.165, 1.54) is 11.8 Å². The van der Waals surface area contributed by atoms with Gasteiger partial charge in [0, 0.05) is 10.7 Å². The molecule has 1 heterocycles. The van der Waals surface area contributed by atoms with Crippen LogP contribution in [0.15, 0.2) is 70.6 Å². The summed E-state index contributed by atoms with van der Waals surface area (Å²) in [5.41, 5.74) is 4.84. The van der Waals surface area contributed by atoms with E-state index in [1.807, 2.05) is 57.2 Å². The normalized spacial score (nSPS) is 11.0. The third kappa shape index (κ3) is 4.71. The summed E-state index contributed by atoms with van der Waals surface area (Å²) < 4.78 is 1.59. The number of amides is 1. The highest BCUT2D eigenvalue weighted by molar-refractivity contribution is 7.99. The maximum atomic E-state index is 13.4. The van der Waals surface area contributed by atoms with Crippen molar-refractivity contribution >= 4 is 45.9 Å². The monoisotopic (exact) mass is 463 g/mol. The molecule has 0 bridgehead atoms. The predicted molar refractivity (Wildman–Crippen MR) is 132 cm³/mol. The molecule has 0 spiro atoms. The molecule has 4 aromatic rings. The number of carbonyl (C=O) groups is 1. The summed E-state index contributed by atoms with van der Waals surface area (Å²) in [6.07, 6.45) is 0. The van der Waals surface area contributed by atoms with Crippen LogP contribution in [0.2, 0.25) is 5.02 Å². The molecule has 5 nitrogen and oxygen atoms in total. The van der Waals surface area contributed by atoms with Gasteiger partial charge < -0.3 is 5.32 Å². The Kier molecular flexibility index (Phi) is 6.35. The minimum Gasteiger partial charge on any atom is -0.325 e. The van der Waals surface area contributed by atoms with Gasteiger partial charge in [0.1, 0.15) is 0 Å². The lowest BCUT2D eigenvalue weighted by Crippen LogP contribution is -2.23. The second kappa shape index (κ2) is 9.18. The smallest absolute Gasteiger partial charge is 0.266 e. The number of halogens is 1. The molecule has 0 saturated carbocycles. The van der Waals surface area contributed by atoms with E-state index < -0.39 is 0 Å². The fourth-order valence-electron chi connectivity index (χ4n) is 3.51. The van der Waals surface area contributed by atoms with Gasteiger partial charge in [-0.1, -0.05) is 47.6 Å². The second-order valence-corrected chi connectivity index (χ2v) is 9.05. The number of aryl methyl sites for hydroxylation is 3. The minimum atomic E-state index is -0.204. The highest BCUT2D eigenvalue weighted by Crippen LogP contribution is 2.24. The molecule has 32 heavy (non-hydrogen) atoms. The number of aromatic nitrogens is 2. The lowest BCUT2D eigenvalue weighted by molar-refractivity contribution is -0.113. The lowest BCUT2D eigenvalue weighted by atomic mass is 10.1. The van der Waals surface area contributed by atoms with Gasteiger partial charge in [-0.3, -0.25) is 14.2 Å². The maximum absolute atomic E-state index is 13.4. The van der Waals surface area contributed by atoms with Crippen LogP contribution in [-0.2, 0) is 4.79 Å². The second-order valence-electron chi connectivity index (χ2n) is 7.70. The summed E-state index contributed by atoms with van der Waals surface area (Å²) in [6.45, 7) is 5.88. The van der Waals surface area contributed by atoms with E-state index in [0.717, 1.165) is 22.4 Å². The van der Waals surface area contributed by atoms with Gasteiger partial charge >= 0.3 is 0 Å². The van der Waals surface area contributed by atoms with E-state index in [2.05, 4.69) is 11.4 Å². The Hall–Kier alpha value is -3.09. The maximum Gasteiger partial charge on any atom is 0.266 e. The number of para-hydroxylation sites is 1. The van der Waals surface area contributed by atoms with Crippen LogP contribution in [0.3, 0.4) is 0 Å². The van der Waals surface area contributed by atoms with Crippen LogP contribution in [0, 0.1) is 20.8 Å². The standard InChI is InChI=1S/C25H22ClN3O2S/c1-15-10-16(2)12-19(11-15)29-24(31)20-6-4-5-7-22(20)28-25(29)32-14-23(30)27-18-9-8-17(3)21(26)13-18/h4-13H,14H2,1-3H3,(H,27,30). The van der Waals surface area contributed by atoms with Crippen molar-refractivity contribution in [3.8, 4) is 5.69 Å². The number of hydrogen-bond acceptors (Lipinski definition) is 4. The summed E-state index contributed by atoms with van der Waals surface area (Å²) in [6, 6.07) is 18.6. The zero-order valence-corrected chi connectivity index (χ0v) is 19.6.